The normalized spacial score (nSPS) is 10.2. The molecule has 0 bridgehead atoms. The lowest BCUT2D eigenvalue weighted by Gasteiger charge is -2.10. The van der Waals surface area contributed by atoms with E-state index in [1.165, 1.54) is 6.20 Å². The zero-order valence-corrected chi connectivity index (χ0v) is 13.1. The second kappa shape index (κ2) is 6.49. The van der Waals surface area contributed by atoms with E-state index in [2.05, 4.69) is 36.5 Å². The number of halogens is 1. The Morgan fingerprint density at radius 3 is 2.86 bits per heavy atom. The first-order valence-electron chi connectivity index (χ1n) is 6.29. The van der Waals surface area contributed by atoms with Gasteiger partial charge in [0.2, 0.25) is 11.8 Å². The molecular formula is C13H14BrN5O2. The number of rotatable bonds is 5. The third-order valence-corrected chi connectivity index (χ3v) is 3.25. The second-order valence-corrected chi connectivity index (χ2v) is 5.21. The van der Waals surface area contributed by atoms with E-state index >= 15 is 0 Å². The number of nitrogens with one attached hydrogen (secondary N) is 2. The molecule has 0 saturated heterocycles. The summed E-state index contributed by atoms with van der Waals surface area (Å²) < 4.78 is 0.874. The van der Waals surface area contributed by atoms with Crippen LogP contribution in [0.15, 0.2) is 28.9 Å². The first-order chi connectivity index (χ1) is 10.0. The SMILES string of the molecule is CCNc1ncc([N+](=O)[O-])c(Nc2cc(Br)ccc2C)n1. The summed E-state index contributed by atoms with van der Waals surface area (Å²) >= 11 is 3.38. The first-order valence-corrected chi connectivity index (χ1v) is 7.09. The quantitative estimate of drug-likeness (QED) is 0.631. The molecule has 0 saturated carbocycles. The minimum Gasteiger partial charge on any atom is -0.354 e. The maximum absolute atomic E-state index is 11.1. The topological polar surface area (TPSA) is 93.0 Å². The first kappa shape index (κ1) is 15.2. The predicted octanol–water partition coefficient (Wildman–Crippen LogP) is 3.63. The van der Waals surface area contributed by atoms with Crippen LogP contribution < -0.4 is 10.6 Å². The largest absolute Gasteiger partial charge is 0.354 e. The van der Waals surface area contributed by atoms with Crippen molar-refractivity contribution in [1.29, 1.82) is 0 Å². The molecule has 1 aromatic carbocycles. The fraction of sp³-hybridized carbons (Fsp3) is 0.231. The summed E-state index contributed by atoms with van der Waals surface area (Å²) in [5, 5.41) is 17.0. The van der Waals surface area contributed by atoms with Crippen LogP contribution >= 0.6 is 15.9 Å². The number of benzene rings is 1. The molecule has 0 aliphatic rings. The van der Waals surface area contributed by atoms with Crippen LogP contribution in [0.3, 0.4) is 0 Å². The van der Waals surface area contributed by atoms with E-state index < -0.39 is 4.92 Å². The lowest BCUT2D eigenvalue weighted by molar-refractivity contribution is -0.384. The van der Waals surface area contributed by atoms with Gasteiger partial charge < -0.3 is 10.6 Å². The highest BCUT2D eigenvalue weighted by Crippen LogP contribution is 2.29. The van der Waals surface area contributed by atoms with Gasteiger partial charge in [-0.2, -0.15) is 4.98 Å². The van der Waals surface area contributed by atoms with Crippen LogP contribution in [-0.4, -0.2) is 21.4 Å². The summed E-state index contributed by atoms with van der Waals surface area (Å²) in [4.78, 5) is 18.7. The molecular weight excluding hydrogens is 338 g/mol. The molecule has 2 N–H and O–H groups in total. The summed E-state index contributed by atoms with van der Waals surface area (Å²) in [6.07, 6.45) is 1.20. The van der Waals surface area contributed by atoms with E-state index in [9.17, 15) is 10.1 Å². The van der Waals surface area contributed by atoms with E-state index in [-0.39, 0.29) is 11.5 Å². The average molecular weight is 352 g/mol. The van der Waals surface area contributed by atoms with Gasteiger partial charge in [-0.1, -0.05) is 22.0 Å². The Hall–Kier alpha value is -2.22. The number of nitro groups is 1. The lowest BCUT2D eigenvalue weighted by atomic mass is 10.2. The molecule has 7 nitrogen and oxygen atoms in total. The maximum Gasteiger partial charge on any atom is 0.329 e. The van der Waals surface area contributed by atoms with Crippen molar-refractivity contribution in [2.24, 2.45) is 0 Å². The molecule has 0 fully saturated rings. The monoisotopic (exact) mass is 351 g/mol. The minimum absolute atomic E-state index is 0.159. The van der Waals surface area contributed by atoms with Crippen molar-refractivity contribution in [2.45, 2.75) is 13.8 Å². The molecule has 0 spiro atoms. The van der Waals surface area contributed by atoms with Crippen LogP contribution in [0.5, 0.6) is 0 Å². The van der Waals surface area contributed by atoms with Gasteiger partial charge in [0.15, 0.2) is 0 Å². The summed E-state index contributed by atoms with van der Waals surface area (Å²) in [6.45, 7) is 4.44. The number of nitrogens with zero attached hydrogens (tertiary/aromatic N) is 3. The number of aromatic nitrogens is 2. The fourth-order valence-electron chi connectivity index (χ4n) is 1.70. The molecule has 0 amide bonds. The lowest BCUT2D eigenvalue weighted by Crippen LogP contribution is -2.07. The van der Waals surface area contributed by atoms with Crippen molar-refractivity contribution in [3.05, 3.63) is 44.5 Å². The highest BCUT2D eigenvalue weighted by atomic mass is 79.9. The molecule has 1 aromatic heterocycles. The number of aryl methyl sites for hydroxylation is 1. The number of anilines is 3. The van der Waals surface area contributed by atoms with Gasteiger partial charge in [-0.25, -0.2) is 4.98 Å². The Kier molecular flexibility index (Phi) is 4.69. The third kappa shape index (κ3) is 3.66. The molecule has 1 heterocycles. The smallest absolute Gasteiger partial charge is 0.329 e. The Bertz CT molecular complexity index is 678. The van der Waals surface area contributed by atoms with Crippen molar-refractivity contribution in [1.82, 2.24) is 9.97 Å². The van der Waals surface area contributed by atoms with Gasteiger partial charge in [-0.15, -0.1) is 0 Å². The Morgan fingerprint density at radius 1 is 1.43 bits per heavy atom. The molecule has 2 aromatic rings. The van der Waals surface area contributed by atoms with Crippen molar-refractivity contribution in [3.63, 3.8) is 0 Å². The summed E-state index contributed by atoms with van der Waals surface area (Å²) in [5.41, 5.74) is 1.53. The van der Waals surface area contributed by atoms with Gasteiger partial charge in [-0.3, -0.25) is 10.1 Å². The minimum atomic E-state index is -0.509. The standard InChI is InChI=1S/C13H14BrN5O2/c1-3-15-13-16-7-11(19(20)21)12(18-13)17-10-6-9(14)5-4-8(10)2/h4-7H,3H2,1-2H3,(H2,15,16,17,18). The van der Waals surface area contributed by atoms with E-state index in [0.717, 1.165) is 15.7 Å². The number of hydrogen-bond acceptors (Lipinski definition) is 6. The molecule has 0 aliphatic heterocycles. The Labute approximate surface area is 130 Å². The summed E-state index contributed by atoms with van der Waals surface area (Å²) in [7, 11) is 0. The number of hydrogen-bond donors (Lipinski definition) is 2. The van der Waals surface area contributed by atoms with Gasteiger partial charge in [0.1, 0.15) is 6.20 Å². The zero-order chi connectivity index (χ0) is 15.4. The summed E-state index contributed by atoms with van der Waals surface area (Å²) in [5.74, 6) is 0.505. The van der Waals surface area contributed by atoms with E-state index in [1.54, 1.807) is 0 Å². The molecule has 0 aliphatic carbocycles. The van der Waals surface area contributed by atoms with Crippen LogP contribution in [0.2, 0.25) is 0 Å². The van der Waals surface area contributed by atoms with Gasteiger partial charge in [0.05, 0.1) is 4.92 Å². The molecule has 0 radical (unpaired) electrons. The molecule has 0 atom stereocenters. The maximum atomic E-state index is 11.1. The van der Waals surface area contributed by atoms with Crippen LogP contribution in [0, 0.1) is 17.0 Å². The van der Waals surface area contributed by atoms with Crippen LogP contribution in [0.1, 0.15) is 12.5 Å². The summed E-state index contributed by atoms with van der Waals surface area (Å²) in [6, 6.07) is 5.65. The molecule has 110 valence electrons. The second-order valence-electron chi connectivity index (χ2n) is 4.30. The highest BCUT2D eigenvalue weighted by Gasteiger charge is 2.18. The van der Waals surface area contributed by atoms with Crippen LogP contribution in [0.4, 0.5) is 23.1 Å². The Balaban J connectivity index is 2.43. The van der Waals surface area contributed by atoms with Crippen molar-refractivity contribution in [3.8, 4) is 0 Å². The van der Waals surface area contributed by atoms with Crippen molar-refractivity contribution < 1.29 is 4.92 Å². The van der Waals surface area contributed by atoms with Crippen LogP contribution in [0.25, 0.3) is 0 Å². The van der Waals surface area contributed by atoms with Crippen molar-refractivity contribution >= 4 is 39.1 Å². The molecule has 21 heavy (non-hydrogen) atoms. The Morgan fingerprint density at radius 2 is 2.19 bits per heavy atom. The van der Waals surface area contributed by atoms with Gasteiger partial charge in [0.25, 0.3) is 0 Å². The fourth-order valence-corrected chi connectivity index (χ4v) is 2.06. The van der Waals surface area contributed by atoms with Gasteiger partial charge in [0, 0.05) is 16.7 Å². The van der Waals surface area contributed by atoms with E-state index in [4.69, 9.17) is 0 Å². The van der Waals surface area contributed by atoms with Gasteiger partial charge >= 0.3 is 5.69 Å². The van der Waals surface area contributed by atoms with Gasteiger partial charge in [-0.05, 0) is 31.5 Å². The predicted molar refractivity (Wildman–Crippen MR) is 85.0 cm³/mol. The zero-order valence-electron chi connectivity index (χ0n) is 11.6. The molecule has 0 unspecified atom stereocenters. The van der Waals surface area contributed by atoms with Crippen LogP contribution in [-0.2, 0) is 0 Å². The molecule has 2 rings (SSSR count). The van der Waals surface area contributed by atoms with Crippen molar-refractivity contribution in [2.75, 3.05) is 17.2 Å². The van der Waals surface area contributed by atoms with E-state index in [0.29, 0.717) is 12.5 Å². The average Bonchev–Trinajstić information content (AvgIpc) is 2.43. The molecule has 8 heteroatoms. The highest BCUT2D eigenvalue weighted by molar-refractivity contribution is 9.10. The van der Waals surface area contributed by atoms with E-state index in [1.807, 2.05) is 32.0 Å². The third-order valence-electron chi connectivity index (χ3n) is 2.75.